The largest absolute Gasteiger partial charge is 0.324 e. The van der Waals surface area contributed by atoms with Gasteiger partial charge in [-0.2, -0.15) is 0 Å². The first-order chi connectivity index (χ1) is 10.0. The van der Waals surface area contributed by atoms with Crippen molar-refractivity contribution in [2.45, 2.75) is 90.5 Å². The lowest BCUT2D eigenvalue weighted by Crippen LogP contribution is -2.16. The number of benzene rings is 1. The van der Waals surface area contributed by atoms with Crippen LogP contribution in [0.15, 0.2) is 24.3 Å². The van der Waals surface area contributed by atoms with E-state index in [9.17, 15) is 0 Å². The molecule has 1 unspecified atom stereocenters. The molecule has 1 heteroatoms. The van der Waals surface area contributed by atoms with Gasteiger partial charge in [0, 0.05) is 6.04 Å². The van der Waals surface area contributed by atoms with Gasteiger partial charge in [0.1, 0.15) is 0 Å². The molecule has 0 aromatic heterocycles. The Hall–Kier alpha value is -0.820. The average Bonchev–Trinajstić information content (AvgIpc) is 2.50. The molecule has 0 amide bonds. The number of rotatable bonds is 10. The summed E-state index contributed by atoms with van der Waals surface area (Å²) in [6.07, 6.45) is 10.3. The van der Waals surface area contributed by atoms with Crippen LogP contribution in [0.25, 0.3) is 0 Å². The number of unbranched alkanes of at least 4 members (excludes halogenated alkanes) is 5. The SMILES string of the molecule is CCCCCCCCC(N)c1ccc(C(C)(C)CC)cc1. The number of hydrogen-bond donors (Lipinski definition) is 1. The Morgan fingerprint density at radius 2 is 1.48 bits per heavy atom. The molecule has 0 bridgehead atoms. The van der Waals surface area contributed by atoms with Gasteiger partial charge in [0.2, 0.25) is 0 Å². The third-order valence-corrected chi connectivity index (χ3v) is 4.87. The van der Waals surface area contributed by atoms with E-state index >= 15 is 0 Å². The molecule has 0 aliphatic rings. The molecular formula is C20H35N. The first kappa shape index (κ1) is 18.2. The highest BCUT2D eigenvalue weighted by molar-refractivity contribution is 5.29. The van der Waals surface area contributed by atoms with Crippen LogP contribution in [-0.2, 0) is 5.41 Å². The summed E-state index contributed by atoms with van der Waals surface area (Å²) >= 11 is 0. The van der Waals surface area contributed by atoms with E-state index < -0.39 is 0 Å². The maximum Gasteiger partial charge on any atom is 0.0294 e. The molecule has 0 aliphatic heterocycles. The van der Waals surface area contributed by atoms with Gasteiger partial charge in [-0.25, -0.2) is 0 Å². The van der Waals surface area contributed by atoms with E-state index in [4.69, 9.17) is 5.73 Å². The van der Waals surface area contributed by atoms with Crippen molar-refractivity contribution in [1.82, 2.24) is 0 Å². The smallest absolute Gasteiger partial charge is 0.0294 e. The molecule has 0 aliphatic carbocycles. The fraction of sp³-hybridized carbons (Fsp3) is 0.700. The molecule has 120 valence electrons. The highest BCUT2D eigenvalue weighted by atomic mass is 14.6. The summed E-state index contributed by atoms with van der Waals surface area (Å²) in [5.74, 6) is 0. The van der Waals surface area contributed by atoms with Crippen LogP contribution in [0, 0.1) is 0 Å². The second kappa shape index (κ2) is 9.25. The third-order valence-electron chi connectivity index (χ3n) is 4.87. The molecule has 0 saturated carbocycles. The summed E-state index contributed by atoms with van der Waals surface area (Å²) in [6, 6.07) is 9.19. The molecule has 0 heterocycles. The third kappa shape index (κ3) is 6.22. The standard InChI is InChI=1S/C20H35N/c1-5-7-8-9-10-11-12-19(21)17-13-15-18(16-14-17)20(3,4)6-2/h13-16,19H,5-12,21H2,1-4H3. The normalized spacial score (nSPS) is 13.4. The van der Waals surface area contributed by atoms with Gasteiger partial charge in [-0.3, -0.25) is 0 Å². The summed E-state index contributed by atoms with van der Waals surface area (Å²) in [5, 5.41) is 0. The zero-order valence-electron chi connectivity index (χ0n) is 14.6. The van der Waals surface area contributed by atoms with E-state index in [2.05, 4.69) is 52.0 Å². The van der Waals surface area contributed by atoms with Crippen molar-refractivity contribution in [3.8, 4) is 0 Å². The van der Waals surface area contributed by atoms with E-state index in [1.807, 2.05) is 0 Å². The molecule has 1 atom stereocenters. The zero-order valence-corrected chi connectivity index (χ0v) is 14.6. The monoisotopic (exact) mass is 289 g/mol. The summed E-state index contributed by atoms with van der Waals surface area (Å²) in [5.41, 5.74) is 9.30. The van der Waals surface area contributed by atoms with Gasteiger partial charge < -0.3 is 5.73 Å². The molecular weight excluding hydrogens is 254 g/mol. The predicted molar refractivity (Wildman–Crippen MR) is 94.7 cm³/mol. The van der Waals surface area contributed by atoms with Crippen molar-refractivity contribution < 1.29 is 0 Å². The minimum absolute atomic E-state index is 0.204. The van der Waals surface area contributed by atoms with Crippen molar-refractivity contribution in [2.75, 3.05) is 0 Å². The highest BCUT2D eigenvalue weighted by Crippen LogP contribution is 2.28. The van der Waals surface area contributed by atoms with Crippen LogP contribution in [0.5, 0.6) is 0 Å². The van der Waals surface area contributed by atoms with Crippen LogP contribution >= 0.6 is 0 Å². The van der Waals surface area contributed by atoms with Crippen LogP contribution in [0.2, 0.25) is 0 Å². The van der Waals surface area contributed by atoms with Crippen molar-refractivity contribution in [2.24, 2.45) is 5.73 Å². The Kier molecular flexibility index (Phi) is 8.03. The van der Waals surface area contributed by atoms with Crippen LogP contribution in [0.4, 0.5) is 0 Å². The quantitative estimate of drug-likeness (QED) is 0.515. The van der Waals surface area contributed by atoms with Crippen molar-refractivity contribution >= 4 is 0 Å². The van der Waals surface area contributed by atoms with Crippen LogP contribution < -0.4 is 5.73 Å². The van der Waals surface area contributed by atoms with Gasteiger partial charge in [0.25, 0.3) is 0 Å². The second-order valence-corrected chi connectivity index (χ2v) is 7.02. The lowest BCUT2D eigenvalue weighted by Gasteiger charge is -2.24. The first-order valence-corrected chi connectivity index (χ1v) is 8.87. The molecule has 0 fully saturated rings. The molecule has 0 saturated heterocycles. The van der Waals surface area contributed by atoms with Gasteiger partial charge >= 0.3 is 0 Å². The number of nitrogens with two attached hydrogens (primary N) is 1. The van der Waals surface area contributed by atoms with E-state index in [1.54, 1.807) is 0 Å². The Labute approximate surface area is 132 Å². The molecule has 21 heavy (non-hydrogen) atoms. The Morgan fingerprint density at radius 1 is 0.905 bits per heavy atom. The lowest BCUT2D eigenvalue weighted by atomic mass is 9.81. The molecule has 1 nitrogen and oxygen atoms in total. The minimum atomic E-state index is 0.204. The fourth-order valence-electron chi connectivity index (χ4n) is 2.70. The summed E-state index contributed by atoms with van der Waals surface area (Å²) in [4.78, 5) is 0. The predicted octanol–water partition coefficient (Wildman–Crippen LogP) is 6.12. The van der Waals surface area contributed by atoms with Crippen molar-refractivity contribution in [3.05, 3.63) is 35.4 Å². The molecule has 1 aromatic rings. The highest BCUT2D eigenvalue weighted by Gasteiger charge is 2.18. The Balaban J connectivity index is 2.39. The van der Waals surface area contributed by atoms with Crippen molar-refractivity contribution in [1.29, 1.82) is 0 Å². The number of hydrogen-bond acceptors (Lipinski definition) is 1. The van der Waals surface area contributed by atoms with E-state index in [0.29, 0.717) is 0 Å². The zero-order chi connectivity index (χ0) is 15.7. The van der Waals surface area contributed by atoms with Gasteiger partial charge in [-0.1, -0.05) is 90.5 Å². The lowest BCUT2D eigenvalue weighted by molar-refractivity contribution is 0.505. The Morgan fingerprint density at radius 3 is 2.05 bits per heavy atom. The molecule has 2 N–H and O–H groups in total. The van der Waals surface area contributed by atoms with Crippen LogP contribution in [0.1, 0.15) is 96.2 Å². The molecule has 0 radical (unpaired) electrons. The molecule has 1 aromatic carbocycles. The summed E-state index contributed by atoms with van der Waals surface area (Å²) in [7, 11) is 0. The van der Waals surface area contributed by atoms with Gasteiger partial charge in [-0.15, -0.1) is 0 Å². The Bertz CT molecular complexity index is 377. The van der Waals surface area contributed by atoms with Gasteiger partial charge in [-0.05, 0) is 29.4 Å². The second-order valence-electron chi connectivity index (χ2n) is 7.02. The maximum atomic E-state index is 6.33. The van der Waals surface area contributed by atoms with E-state index in [1.165, 1.54) is 49.7 Å². The van der Waals surface area contributed by atoms with Gasteiger partial charge in [0.05, 0.1) is 0 Å². The summed E-state index contributed by atoms with van der Waals surface area (Å²) in [6.45, 7) is 9.12. The summed E-state index contributed by atoms with van der Waals surface area (Å²) < 4.78 is 0. The topological polar surface area (TPSA) is 26.0 Å². The first-order valence-electron chi connectivity index (χ1n) is 8.87. The van der Waals surface area contributed by atoms with Crippen LogP contribution in [0.3, 0.4) is 0 Å². The average molecular weight is 290 g/mol. The van der Waals surface area contributed by atoms with Crippen LogP contribution in [-0.4, -0.2) is 0 Å². The maximum absolute atomic E-state index is 6.33. The molecule has 0 spiro atoms. The minimum Gasteiger partial charge on any atom is -0.324 e. The van der Waals surface area contributed by atoms with Gasteiger partial charge in [0.15, 0.2) is 0 Å². The molecule has 1 rings (SSSR count). The fourth-order valence-corrected chi connectivity index (χ4v) is 2.70. The van der Waals surface area contributed by atoms with E-state index in [0.717, 1.165) is 12.8 Å². The van der Waals surface area contributed by atoms with E-state index in [-0.39, 0.29) is 11.5 Å². The van der Waals surface area contributed by atoms with Crippen molar-refractivity contribution in [3.63, 3.8) is 0 Å².